The smallest absolute Gasteiger partial charge is 0.259 e. The predicted octanol–water partition coefficient (Wildman–Crippen LogP) is 4.72. The molecule has 0 aliphatic heterocycles. The Kier molecular flexibility index (Phi) is 6.27. The van der Waals surface area contributed by atoms with E-state index in [1.807, 2.05) is 18.2 Å². The van der Waals surface area contributed by atoms with E-state index in [-0.39, 0.29) is 17.2 Å². The molecule has 28 heavy (non-hydrogen) atoms. The monoisotopic (exact) mass is 376 g/mol. The van der Waals surface area contributed by atoms with Crippen molar-refractivity contribution in [2.45, 2.75) is 26.2 Å². The van der Waals surface area contributed by atoms with E-state index in [1.54, 1.807) is 36.4 Å². The molecule has 0 radical (unpaired) electrons. The van der Waals surface area contributed by atoms with Gasteiger partial charge in [-0.15, -0.1) is 0 Å². The average molecular weight is 376 g/mol. The fraction of sp³-hybridized carbons (Fsp3) is 0.217. The van der Waals surface area contributed by atoms with Crippen molar-refractivity contribution in [1.82, 2.24) is 5.32 Å². The number of anilines is 1. The van der Waals surface area contributed by atoms with Crippen molar-refractivity contribution in [3.05, 3.63) is 71.8 Å². The molecule has 5 nitrogen and oxygen atoms in total. The summed E-state index contributed by atoms with van der Waals surface area (Å²) in [4.78, 5) is 24.9. The second-order valence-corrected chi connectivity index (χ2v) is 6.71. The van der Waals surface area contributed by atoms with Crippen molar-refractivity contribution >= 4 is 28.3 Å². The Morgan fingerprint density at radius 1 is 0.893 bits per heavy atom. The van der Waals surface area contributed by atoms with Crippen LogP contribution in [0.2, 0.25) is 0 Å². The van der Waals surface area contributed by atoms with Gasteiger partial charge in [-0.1, -0.05) is 44.0 Å². The van der Waals surface area contributed by atoms with Crippen molar-refractivity contribution < 1.29 is 14.7 Å². The molecule has 5 heteroatoms. The van der Waals surface area contributed by atoms with Crippen LogP contribution in [0, 0.1) is 0 Å². The van der Waals surface area contributed by atoms with Gasteiger partial charge in [0, 0.05) is 17.8 Å². The van der Waals surface area contributed by atoms with Crippen LogP contribution in [-0.2, 0) is 0 Å². The van der Waals surface area contributed by atoms with Crippen molar-refractivity contribution in [2.24, 2.45) is 0 Å². The largest absolute Gasteiger partial charge is 0.507 e. The molecule has 0 unspecified atom stereocenters. The van der Waals surface area contributed by atoms with Crippen molar-refractivity contribution in [3.8, 4) is 5.75 Å². The molecule has 0 saturated carbocycles. The number of carbonyl (C=O) groups excluding carboxylic acids is 2. The molecule has 3 rings (SSSR count). The molecule has 0 aliphatic carbocycles. The van der Waals surface area contributed by atoms with Gasteiger partial charge in [0.25, 0.3) is 11.8 Å². The maximum absolute atomic E-state index is 12.5. The molecule has 2 amide bonds. The molecule has 0 aromatic heterocycles. The number of aromatic hydroxyl groups is 1. The zero-order valence-electron chi connectivity index (χ0n) is 15.9. The highest BCUT2D eigenvalue weighted by molar-refractivity contribution is 6.09. The number of unbranched alkanes of at least 4 members (excludes halogenated alkanes) is 2. The molecule has 0 atom stereocenters. The predicted molar refractivity (Wildman–Crippen MR) is 112 cm³/mol. The summed E-state index contributed by atoms with van der Waals surface area (Å²) in [5, 5.41) is 17.4. The van der Waals surface area contributed by atoms with E-state index in [2.05, 4.69) is 17.6 Å². The summed E-state index contributed by atoms with van der Waals surface area (Å²) in [5.41, 5.74) is 1.34. The lowest BCUT2D eigenvalue weighted by molar-refractivity contribution is 0.0952. The van der Waals surface area contributed by atoms with E-state index in [0.717, 1.165) is 30.0 Å². The highest BCUT2D eigenvalue weighted by Gasteiger charge is 2.14. The van der Waals surface area contributed by atoms with Gasteiger partial charge in [0.2, 0.25) is 0 Å². The van der Waals surface area contributed by atoms with Crippen LogP contribution in [0.15, 0.2) is 60.7 Å². The highest BCUT2D eigenvalue weighted by atomic mass is 16.3. The quantitative estimate of drug-likeness (QED) is 0.522. The fourth-order valence-corrected chi connectivity index (χ4v) is 3.01. The Morgan fingerprint density at radius 3 is 2.43 bits per heavy atom. The summed E-state index contributed by atoms with van der Waals surface area (Å²) in [6.07, 6.45) is 3.13. The molecule has 0 heterocycles. The standard InChI is InChI=1S/C23H24N2O3/c1-2-3-7-12-24-22(27)17-11-10-16-15-21(26)20(14-18(16)13-17)23(28)25-19-8-5-4-6-9-19/h4-6,8-11,13-15,26H,2-3,7,12H2,1H3,(H,24,27)(H,25,28). The molecule has 0 saturated heterocycles. The molecule has 3 aromatic rings. The van der Waals surface area contributed by atoms with Gasteiger partial charge in [0.05, 0.1) is 5.56 Å². The zero-order valence-corrected chi connectivity index (χ0v) is 15.9. The fourth-order valence-electron chi connectivity index (χ4n) is 3.01. The lowest BCUT2D eigenvalue weighted by atomic mass is 10.0. The molecule has 3 aromatic carbocycles. The van der Waals surface area contributed by atoms with Crippen LogP contribution in [-0.4, -0.2) is 23.5 Å². The van der Waals surface area contributed by atoms with E-state index in [4.69, 9.17) is 0 Å². The second-order valence-electron chi connectivity index (χ2n) is 6.71. The topological polar surface area (TPSA) is 78.4 Å². The Morgan fingerprint density at radius 2 is 1.68 bits per heavy atom. The number of phenolic OH excluding ortho intramolecular Hbond substituents is 1. The number of phenols is 1. The van der Waals surface area contributed by atoms with E-state index in [9.17, 15) is 14.7 Å². The SMILES string of the molecule is CCCCCNC(=O)c1ccc2cc(O)c(C(=O)Nc3ccccc3)cc2c1. The van der Waals surface area contributed by atoms with Crippen LogP contribution in [0.25, 0.3) is 10.8 Å². The Balaban J connectivity index is 1.81. The lowest BCUT2D eigenvalue weighted by Gasteiger charge is -2.10. The van der Waals surface area contributed by atoms with Crippen molar-refractivity contribution in [2.75, 3.05) is 11.9 Å². The second kappa shape index (κ2) is 9.04. The van der Waals surface area contributed by atoms with Gasteiger partial charge in [-0.3, -0.25) is 9.59 Å². The Hall–Kier alpha value is -3.34. The van der Waals surface area contributed by atoms with Crippen LogP contribution < -0.4 is 10.6 Å². The van der Waals surface area contributed by atoms with Crippen molar-refractivity contribution in [1.29, 1.82) is 0 Å². The third-order valence-electron chi connectivity index (χ3n) is 4.56. The van der Waals surface area contributed by atoms with Gasteiger partial charge in [0.1, 0.15) is 5.75 Å². The van der Waals surface area contributed by atoms with Gasteiger partial charge in [0.15, 0.2) is 0 Å². The maximum Gasteiger partial charge on any atom is 0.259 e. The third kappa shape index (κ3) is 4.68. The highest BCUT2D eigenvalue weighted by Crippen LogP contribution is 2.27. The first-order chi connectivity index (χ1) is 13.6. The van der Waals surface area contributed by atoms with Crippen LogP contribution in [0.4, 0.5) is 5.69 Å². The van der Waals surface area contributed by atoms with E-state index < -0.39 is 5.91 Å². The number of fused-ring (bicyclic) bond motifs is 1. The first kappa shape index (κ1) is 19.4. The van der Waals surface area contributed by atoms with Gasteiger partial charge in [-0.25, -0.2) is 0 Å². The number of benzene rings is 3. The number of hydrogen-bond donors (Lipinski definition) is 3. The zero-order chi connectivity index (χ0) is 19.9. The Labute approximate surface area is 164 Å². The van der Waals surface area contributed by atoms with Gasteiger partial charge in [-0.2, -0.15) is 0 Å². The summed E-state index contributed by atoms with van der Waals surface area (Å²) in [6.45, 7) is 2.76. The van der Waals surface area contributed by atoms with Crippen molar-refractivity contribution in [3.63, 3.8) is 0 Å². The van der Waals surface area contributed by atoms with E-state index in [0.29, 0.717) is 17.8 Å². The van der Waals surface area contributed by atoms with Gasteiger partial charge >= 0.3 is 0 Å². The summed E-state index contributed by atoms with van der Waals surface area (Å²) < 4.78 is 0. The molecular formula is C23H24N2O3. The number of para-hydroxylation sites is 1. The number of hydrogen-bond acceptors (Lipinski definition) is 3. The number of nitrogens with one attached hydrogen (secondary N) is 2. The molecule has 144 valence electrons. The average Bonchev–Trinajstić information content (AvgIpc) is 2.71. The van der Waals surface area contributed by atoms with Crippen LogP contribution in [0.3, 0.4) is 0 Å². The maximum atomic E-state index is 12.5. The summed E-state index contributed by atoms with van der Waals surface area (Å²) in [5.74, 6) is -0.640. The minimum Gasteiger partial charge on any atom is -0.507 e. The van der Waals surface area contributed by atoms with Crippen LogP contribution in [0.1, 0.15) is 46.9 Å². The molecule has 0 bridgehead atoms. The summed E-state index contributed by atoms with van der Waals surface area (Å²) in [6, 6.07) is 17.4. The number of amides is 2. The van der Waals surface area contributed by atoms with E-state index >= 15 is 0 Å². The normalized spacial score (nSPS) is 10.6. The Bertz CT molecular complexity index is 984. The van der Waals surface area contributed by atoms with Gasteiger partial charge in [-0.05, 0) is 53.6 Å². The third-order valence-corrected chi connectivity index (χ3v) is 4.56. The molecule has 0 fully saturated rings. The summed E-state index contributed by atoms with van der Waals surface area (Å²) >= 11 is 0. The number of rotatable bonds is 7. The first-order valence-corrected chi connectivity index (χ1v) is 9.50. The molecule has 3 N–H and O–H groups in total. The van der Waals surface area contributed by atoms with Crippen LogP contribution >= 0.6 is 0 Å². The molecular weight excluding hydrogens is 352 g/mol. The minimum absolute atomic E-state index is 0.0994. The lowest BCUT2D eigenvalue weighted by Crippen LogP contribution is -2.24. The van der Waals surface area contributed by atoms with Crippen LogP contribution in [0.5, 0.6) is 5.75 Å². The van der Waals surface area contributed by atoms with E-state index in [1.165, 1.54) is 6.07 Å². The molecule has 0 spiro atoms. The number of carbonyl (C=O) groups is 2. The van der Waals surface area contributed by atoms with Gasteiger partial charge < -0.3 is 15.7 Å². The summed E-state index contributed by atoms with van der Waals surface area (Å²) in [7, 11) is 0. The first-order valence-electron chi connectivity index (χ1n) is 9.50. The minimum atomic E-state index is -0.403. The molecule has 0 aliphatic rings.